The largest absolute Gasteiger partial charge is 0.338 e. The highest BCUT2D eigenvalue weighted by Crippen LogP contribution is 2.29. The average molecular weight is 415 g/mol. The Morgan fingerprint density at radius 2 is 1.81 bits per heavy atom. The van der Waals surface area contributed by atoms with Crippen molar-refractivity contribution in [3.63, 3.8) is 0 Å². The van der Waals surface area contributed by atoms with Gasteiger partial charge in [0.25, 0.3) is 5.91 Å². The monoisotopic (exact) mass is 414 g/mol. The second-order valence-electron chi connectivity index (χ2n) is 6.23. The van der Waals surface area contributed by atoms with Crippen LogP contribution in [0.5, 0.6) is 0 Å². The molecule has 1 aromatic carbocycles. The van der Waals surface area contributed by atoms with Gasteiger partial charge in [-0.1, -0.05) is 18.2 Å². The topological polar surface area (TPSA) is 66.5 Å². The van der Waals surface area contributed by atoms with Crippen LogP contribution < -0.4 is 5.32 Å². The van der Waals surface area contributed by atoms with Crippen LogP contribution in [0, 0.1) is 5.92 Å². The number of carbonyl (C=O) groups is 1. The zero-order valence-corrected chi connectivity index (χ0v) is 17.0. The lowest BCUT2D eigenvalue weighted by Crippen LogP contribution is -2.40. The lowest BCUT2D eigenvalue weighted by molar-refractivity contribution is 0.0696. The third-order valence-corrected chi connectivity index (χ3v) is 7.84. The number of likely N-dealkylation sites (tertiary alicyclic amines) is 1. The molecule has 0 radical (unpaired) electrons. The van der Waals surface area contributed by atoms with Crippen LogP contribution in [0.2, 0.25) is 0 Å². The average Bonchev–Trinajstić information content (AvgIpc) is 3.14. The molecule has 0 atom stereocenters. The number of halogens is 1. The van der Waals surface area contributed by atoms with E-state index in [0.717, 1.165) is 43.8 Å². The highest BCUT2D eigenvalue weighted by molar-refractivity contribution is 7.93. The normalized spacial score (nSPS) is 15.5. The van der Waals surface area contributed by atoms with Crippen LogP contribution >= 0.6 is 23.7 Å². The number of rotatable bonds is 5. The first kappa shape index (κ1) is 20.9. The summed E-state index contributed by atoms with van der Waals surface area (Å²) in [6, 6.07) is 11.5. The maximum Gasteiger partial charge on any atom is 0.263 e. The van der Waals surface area contributed by atoms with Crippen molar-refractivity contribution in [2.24, 2.45) is 5.92 Å². The van der Waals surface area contributed by atoms with Gasteiger partial charge >= 0.3 is 0 Å². The fourth-order valence-electron chi connectivity index (χ4n) is 3.08. The summed E-state index contributed by atoms with van der Waals surface area (Å²) in [5.41, 5.74) is 0. The zero-order valence-electron chi connectivity index (χ0n) is 14.6. The van der Waals surface area contributed by atoms with E-state index in [1.807, 2.05) is 11.9 Å². The number of nitrogens with one attached hydrogen (secondary N) is 1. The molecule has 1 aromatic heterocycles. The van der Waals surface area contributed by atoms with Crippen LogP contribution in [-0.2, 0) is 9.84 Å². The van der Waals surface area contributed by atoms with Crippen LogP contribution in [0.15, 0.2) is 51.6 Å². The van der Waals surface area contributed by atoms with E-state index in [0.29, 0.717) is 10.8 Å². The van der Waals surface area contributed by atoms with Crippen molar-refractivity contribution in [2.75, 3.05) is 26.7 Å². The van der Waals surface area contributed by atoms with Gasteiger partial charge in [0, 0.05) is 13.1 Å². The van der Waals surface area contributed by atoms with Crippen molar-refractivity contribution in [1.29, 1.82) is 0 Å². The van der Waals surface area contributed by atoms with E-state index in [9.17, 15) is 13.2 Å². The van der Waals surface area contributed by atoms with Crippen molar-refractivity contribution in [3.05, 3.63) is 47.3 Å². The number of hydrogen-bond donors (Lipinski definition) is 1. The Kier molecular flexibility index (Phi) is 7.23. The molecule has 1 saturated heterocycles. The van der Waals surface area contributed by atoms with E-state index in [4.69, 9.17) is 0 Å². The summed E-state index contributed by atoms with van der Waals surface area (Å²) in [5.74, 6) is 0.536. The molecule has 1 fully saturated rings. The molecule has 0 bridgehead atoms. The Labute approximate surface area is 164 Å². The molecular weight excluding hydrogens is 392 g/mol. The summed E-state index contributed by atoms with van der Waals surface area (Å²) in [7, 11) is -1.62. The third-order valence-electron chi connectivity index (χ3n) is 4.51. The molecule has 8 heteroatoms. The molecule has 1 N–H and O–H groups in total. The molecule has 0 aliphatic carbocycles. The van der Waals surface area contributed by atoms with Crippen molar-refractivity contribution < 1.29 is 13.2 Å². The van der Waals surface area contributed by atoms with Crippen LogP contribution in [0.1, 0.15) is 22.5 Å². The molecule has 0 saturated carbocycles. The number of amides is 1. The Bertz CT molecular complexity index is 829. The first-order valence-electron chi connectivity index (χ1n) is 8.36. The first-order chi connectivity index (χ1) is 12.0. The molecule has 142 valence electrons. The maximum atomic E-state index is 12.7. The van der Waals surface area contributed by atoms with Crippen molar-refractivity contribution in [2.45, 2.75) is 21.9 Å². The minimum Gasteiger partial charge on any atom is -0.338 e. The van der Waals surface area contributed by atoms with Gasteiger partial charge in [-0.05, 0) is 56.6 Å². The van der Waals surface area contributed by atoms with Gasteiger partial charge in [-0.15, -0.1) is 23.7 Å². The zero-order chi connectivity index (χ0) is 17.9. The lowest BCUT2D eigenvalue weighted by Gasteiger charge is -2.31. The van der Waals surface area contributed by atoms with Gasteiger partial charge in [-0.2, -0.15) is 0 Å². The summed E-state index contributed by atoms with van der Waals surface area (Å²) < 4.78 is 25.5. The molecule has 2 heterocycles. The van der Waals surface area contributed by atoms with E-state index in [1.165, 1.54) is 6.07 Å². The number of carbonyl (C=O) groups excluding carboxylic acids is 1. The summed E-state index contributed by atoms with van der Waals surface area (Å²) in [6.07, 6.45) is 1.96. The van der Waals surface area contributed by atoms with E-state index in [-0.39, 0.29) is 27.4 Å². The number of thiophene rings is 1. The van der Waals surface area contributed by atoms with Crippen LogP contribution in [-0.4, -0.2) is 45.9 Å². The number of sulfone groups is 1. The summed E-state index contributed by atoms with van der Waals surface area (Å²) in [4.78, 5) is 15.2. The Morgan fingerprint density at radius 1 is 1.15 bits per heavy atom. The molecule has 26 heavy (non-hydrogen) atoms. The van der Waals surface area contributed by atoms with E-state index in [2.05, 4.69) is 5.32 Å². The highest BCUT2D eigenvalue weighted by atomic mass is 35.5. The Morgan fingerprint density at radius 3 is 2.42 bits per heavy atom. The van der Waals surface area contributed by atoms with Gasteiger partial charge in [0.1, 0.15) is 4.21 Å². The fraction of sp³-hybridized carbons (Fsp3) is 0.389. The SMILES string of the molecule is CNCC1CCN(C(=O)c2ccc(S(=O)(=O)c3ccccc3)s2)CC1.Cl. The third kappa shape index (κ3) is 4.46. The summed E-state index contributed by atoms with van der Waals surface area (Å²) in [5, 5.41) is 3.18. The van der Waals surface area contributed by atoms with Crippen LogP contribution in [0.25, 0.3) is 0 Å². The molecule has 1 aliphatic heterocycles. The number of nitrogens with zero attached hydrogens (tertiary/aromatic N) is 1. The molecule has 1 aliphatic rings. The smallest absolute Gasteiger partial charge is 0.263 e. The summed E-state index contributed by atoms with van der Waals surface area (Å²) in [6.45, 7) is 2.42. The van der Waals surface area contributed by atoms with Gasteiger partial charge < -0.3 is 10.2 Å². The van der Waals surface area contributed by atoms with E-state index >= 15 is 0 Å². The van der Waals surface area contributed by atoms with Gasteiger partial charge in [-0.25, -0.2) is 8.42 Å². The standard InChI is InChI=1S/C18H22N2O3S2.ClH/c1-19-13-14-9-11-20(12-10-14)18(21)16-7-8-17(24-16)25(22,23)15-5-3-2-4-6-15;/h2-8,14,19H,9-13H2,1H3;1H. The van der Waals surface area contributed by atoms with Crippen LogP contribution in [0.4, 0.5) is 0 Å². The first-order valence-corrected chi connectivity index (χ1v) is 10.7. The van der Waals surface area contributed by atoms with Crippen LogP contribution in [0.3, 0.4) is 0 Å². The summed E-state index contributed by atoms with van der Waals surface area (Å²) >= 11 is 1.06. The van der Waals surface area contributed by atoms with Gasteiger partial charge in [0.05, 0.1) is 9.77 Å². The molecule has 0 unspecified atom stereocenters. The number of hydrogen-bond acceptors (Lipinski definition) is 5. The molecule has 2 aromatic rings. The van der Waals surface area contributed by atoms with E-state index < -0.39 is 9.84 Å². The molecule has 5 nitrogen and oxygen atoms in total. The molecule has 0 spiro atoms. The fourth-order valence-corrected chi connectivity index (χ4v) is 5.78. The minimum absolute atomic E-state index is 0. The van der Waals surface area contributed by atoms with Crippen molar-refractivity contribution in [3.8, 4) is 0 Å². The van der Waals surface area contributed by atoms with Crippen molar-refractivity contribution in [1.82, 2.24) is 10.2 Å². The Balaban J connectivity index is 0.00000243. The molecule has 3 rings (SSSR count). The lowest BCUT2D eigenvalue weighted by atomic mass is 9.97. The Hall–Kier alpha value is -1.41. The van der Waals surface area contributed by atoms with Gasteiger partial charge in [-0.3, -0.25) is 4.79 Å². The highest BCUT2D eigenvalue weighted by Gasteiger charge is 2.26. The molecule has 1 amide bonds. The van der Waals surface area contributed by atoms with Gasteiger partial charge in [0.2, 0.25) is 9.84 Å². The predicted molar refractivity (Wildman–Crippen MR) is 106 cm³/mol. The second kappa shape index (κ2) is 8.99. The van der Waals surface area contributed by atoms with E-state index in [1.54, 1.807) is 36.4 Å². The minimum atomic E-state index is -3.56. The number of benzene rings is 1. The van der Waals surface area contributed by atoms with Gasteiger partial charge in [0.15, 0.2) is 0 Å². The maximum absolute atomic E-state index is 12.7. The predicted octanol–water partition coefficient (Wildman–Crippen LogP) is 3.07. The quantitative estimate of drug-likeness (QED) is 0.816. The van der Waals surface area contributed by atoms with Crippen molar-refractivity contribution >= 4 is 39.5 Å². The molecular formula is C18H23ClN2O3S2. The number of piperidine rings is 1. The second-order valence-corrected chi connectivity index (χ2v) is 9.49.